The molecule has 1 heterocycles. The van der Waals surface area contributed by atoms with Crippen LogP contribution < -0.4 is 10.6 Å². The topological polar surface area (TPSA) is 83.6 Å². The van der Waals surface area contributed by atoms with Crippen LogP contribution in [-0.4, -0.2) is 49.3 Å². The summed E-state index contributed by atoms with van der Waals surface area (Å²) in [6, 6.07) is 4.05. The zero-order valence-electron chi connectivity index (χ0n) is 14.8. The van der Waals surface area contributed by atoms with Crippen LogP contribution in [0.5, 0.6) is 0 Å². The number of thioether (sulfide) groups is 1. The normalized spacial score (nSPS) is 11.4. The Balaban J connectivity index is 2.23. The third kappa shape index (κ3) is 10.4. The van der Waals surface area contributed by atoms with Gasteiger partial charge in [-0.2, -0.15) is 11.8 Å². The molecular formula is C17H26N4O3S. The molecule has 1 aromatic heterocycles. The number of nitro groups is 1. The van der Waals surface area contributed by atoms with Crippen molar-refractivity contribution in [1.82, 2.24) is 15.5 Å². The van der Waals surface area contributed by atoms with Crippen molar-refractivity contribution in [3.63, 3.8) is 0 Å². The molecule has 25 heavy (non-hydrogen) atoms. The number of hydrogen-bond donors (Lipinski definition) is 2. The van der Waals surface area contributed by atoms with Crippen molar-refractivity contribution < 1.29 is 9.34 Å². The lowest BCUT2D eigenvalue weighted by Crippen LogP contribution is -2.29. The maximum absolute atomic E-state index is 10.5. The highest BCUT2D eigenvalue weighted by atomic mass is 32.2. The van der Waals surface area contributed by atoms with Crippen molar-refractivity contribution in [3.05, 3.63) is 45.8 Å². The van der Waals surface area contributed by atoms with E-state index in [4.69, 9.17) is 10.8 Å². The number of furan rings is 1. The van der Waals surface area contributed by atoms with E-state index in [-0.39, 0.29) is 6.54 Å². The van der Waals surface area contributed by atoms with Crippen LogP contribution in [-0.2, 0) is 12.2 Å². The molecule has 138 valence electrons. The third-order valence-electron chi connectivity index (χ3n) is 3.17. The Labute approximate surface area is 153 Å². The molecule has 2 N–H and O–H groups in total. The van der Waals surface area contributed by atoms with Crippen LogP contribution in [0, 0.1) is 22.5 Å². The fourth-order valence-corrected chi connectivity index (χ4v) is 2.79. The minimum absolute atomic E-state index is 0.239. The lowest BCUT2D eigenvalue weighted by atomic mass is 10.2. The van der Waals surface area contributed by atoms with Gasteiger partial charge in [-0.25, -0.2) is 0 Å². The monoisotopic (exact) mass is 366 g/mol. The average Bonchev–Trinajstić information content (AvgIpc) is 2.99. The molecule has 0 spiro atoms. The SMILES string of the molecule is C#CCNC(=C[N+](=O)[O-])NCCSCc1ccc(CCCN(C)C)o1. The summed E-state index contributed by atoms with van der Waals surface area (Å²) in [4.78, 5) is 12.2. The van der Waals surface area contributed by atoms with Gasteiger partial charge in [-0.1, -0.05) is 5.92 Å². The van der Waals surface area contributed by atoms with Gasteiger partial charge in [-0.3, -0.25) is 10.1 Å². The first-order chi connectivity index (χ1) is 12.0. The van der Waals surface area contributed by atoms with Crippen molar-refractivity contribution >= 4 is 11.8 Å². The van der Waals surface area contributed by atoms with Gasteiger partial charge in [0, 0.05) is 18.7 Å². The number of nitrogens with one attached hydrogen (secondary N) is 2. The Morgan fingerprint density at radius 2 is 2.20 bits per heavy atom. The lowest BCUT2D eigenvalue weighted by Gasteiger charge is -2.08. The maximum atomic E-state index is 10.5. The zero-order chi connectivity index (χ0) is 18.5. The number of rotatable bonds is 13. The van der Waals surface area contributed by atoms with E-state index in [9.17, 15) is 10.1 Å². The van der Waals surface area contributed by atoms with Crippen LogP contribution in [0.15, 0.2) is 28.6 Å². The molecule has 0 bridgehead atoms. The number of aryl methyl sites for hydroxylation is 1. The average molecular weight is 366 g/mol. The van der Waals surface area contributed by atoms with Gasteiger partial charge in [0.2, 0.25) is 0 Å². The Hall–Kier alpha value is -2.11. The lowest BCUT2D eigenvalue weighted by molar-refractivity contribution is -0.404. The van der Waals surface area contributed by atoms with Crippen LogP contribution in [0.3, 0.4) is 0 Å². The van der Waals surface area contributed by atoms with Gasteiger partial charge >= 0.3 is 0 Å². The molecule has 0 saturated heterocycles. The molecule has 0 aliphatic carbocycles. The van der Waals surface area contributed by atoms with Gasteiger partial charge in [0.15, 0.2) is 5.82 Å². The van der Waals surface area contributed by atoms with E-state index in [0.717, 1.165) is 48.6 Å². The molecule has 0 atom stereocenters. The molecule has 8 heteroatoms. The van der Waals surface area contributed by atoms with Crippen molar-refractivity contribution in [2.24, 2.45) is 0 Å². The Kier molecular flexibility index (Phi) is 10.3. The summed E-state index contributed by atoms with van der Waals surface area (Å²) in [6.07, 6.45) is 8.05. The summed E-state index contributed by atoms with van der Waals surface area (Å²) in [7, 11) is 4.12. The quantitative estimate of drug-likeness (QED) is 0.239. The molecule has 7 nitrogen and oxygen atoms in total. The predicted molar refractivity (Wildman–Crippen MR) is 102 cm³/mol. The minimum atomic E-state index is -0.514. The van der Waals surface area contributed by atoms with E-state index in [1.54, 1.807) is 11.8 Å². The Morgan fingerprint density at radius 3 is 2.88 bits per heavy atom. The van der Waals surface area contributed by atoms with Crippen LogP contribution in [0.25, 0.3) is 0 Å². The van der Waals surface area contributed by atoms with Gasteiger partial charge in [0.25, 0.3) is 6.20 Å². The molecule has 0 fully saturated rings. The minimum Gasteiger partial charge on any atom is -0.465 e. The largest absolute Gasteiger partial charge is 0.465 e. The van der Waals surface area contributed by atoms with E-state index in [1.165, 1.54) is 0 Å². The smallest absolute Gasteiger partial charge is 0.274 e. The van der Waals surface area contributed by atoms with E-state index >= 15 is 0 Å². The number of nitrogens with zero attached hydrogens (tertiary/aromatic N) is 2. The first-order valence-corrected chi connectivity index (χ1v) is 9.23. The van der Waals surface area contributed by atoms with Crippen molar-refractivity contribution in [2.45, 2.75) is 18.6 Å². The first-order valence-electron chi connectivity index (χ1n) is 8.08. The van der Waals surface area contributed by atoms with Crippen molar-refractivity contribution in [3.8, 4) is 12.3 Å². The van der Waals surface area contributed by atoms with E-state index in [0.29, 0.717) is 12.4 Å². The van der Waals surface area contributed by atoms with Crippen molar-refractivity contribution in [2.75, 3.05) is 39.5 Å². The summed E-state index contributed by atoms with van der Waals surface area (Å²) < 4.78 is 5.80. The second-order valence-electron chi connectivity index (χ2n) is 5.64. The van der Waals surface area contributed by atoms with Crippen LogP contribution >= 0.6 is 11.8 Å². The molecule has 0 radical (unpaired) electrons. The molecule has 0 aromatic carbocycles. The predicted octanol–water partition coefficient (Wildman–Crippen LogP) is 1.89. The molecule has 1 aromatic rings. The summed E-state index contributed by atoms with van der Waals surface area (Å²) in [5, 5.41) is 16.3. The molecule has 1 rings (SSSR count). The highest BCUT2D eigenvalue weighted by Gasteiger charge is 2.04. The molecule has 0 amide bonds. The summed E-state index contributed by atoms with van der Waals surface area (Å²) in [5.74, 6) is 6.25. The summed E-state index contributed by atoms with van der Waals surface area (Å²) in [6.45, 7) is 1.88. The molecule has 0 aliphatic heterocycles. The van der Waals surface area contributed by atoms with Gasteiger partial charge in [-0.05, 0) is 39.2 Å². The Bertz CT molecular complexity index is 593. The van der Waals surface area contributed by atoms with Crippen LogP contribution in [0.1, 0.15) is 17.9 Å². The molecule has 0 unspecified atom stereocenters. The van der Waals surface area contributed by atoms with Crippen molar-refractivity contribution in [1.29, 1.82) is 0 Å². The molecular weight excluding hydrogens is 340 g/mol. The second kappa shape index (κ2) is 12.3. The summed E-state index contributed by atoms with van der Waals surface area (Å²) in [5.41, 5.74) is 0. The Morgan fingerprint density at radius 1 is 1.44 bits per heavy atom. The highest BCUT2D eigenvalue weighted by molar-refractivity contribution is 7.98. The van der Waals surface area contributed by atoms with Crippen LogP contribution in [0.2, 0.25) is 0 Å². The molecule has 0 saturated carbocycles. The molecule has 0 aliphatic rings. The summed E-state index contributed by atoms with van der Waals surface area (Å²) >= 11 is 1.70. The first kappa shape index (κ1) is 20.9. The van der Waals surface area contributed by atoms with Gasteiger partial charge in [-0.15, -0.1) is 6.42 Å². The number of terminal acetylenes is 1. The zero-order valence-corrected chi connectivity index (χ0v) is 15.6. The van der Waals surface area contributed by atoms with E-state index in [1.807, 2.05) is 12.1 Å². The maximum Gasteiger partial charge on any atom is 0.274 e. The highest BCUT2D eigenvalue weighted by Crippen LogP contribution is 2.16. The van der Waals surface area contributed by atoms with Crippen LogP contribution in [0.4, 0.5) is 0 Å². The third-order valence-corrected chi connectivity index (χ3v) is 4.15. The number of hydrogen-bond acceptors (Lipinski definition) is 7. The van der Waals surface area contributed by atoms with Gasteiger partial charge in [0.05, 0.1) is 17.2 Å². The van der Waals surface area contributed by atoms with Gasteiger partial charge < -0.3 is 20.0 Å². The fourth-order valence-electron chi connectivity index (χ4n) is 2.04. The van der Waals surface area contributed by atoms with E-state index in [2.05, 4.69) is 35.5 Å². The fraction of sp³-hybridized carbons (Fsp3) is 0.529. The standard InChI is InChI=1S/C17H26N4O3S/c1-4-9-18-17(13-21(22)23)19-10-12-25-14-16-8-7-15(24-16)6-5-11-20(2)3/h1,7-8,13,18-19H,5-6,9-12,14H2,2-3H3. The van der Waals surface area contributed by atoms with E-state index < -0.39 is 4.92 Å². The van der Waals surface area contributed by atoms with Gasteiger partial charge in [0.1, 0.15) is 11.5 Å². The second-order valence-corrected chi connectivity index (χ2v) is 6.75.